The van der Waals surface area contributed by atoms with Crippen molar-refractivity contribution in [2.24, 2.45) is 7.05 Å². The number of nitrogens with zero attached hydrogens (tertiary/aromatic N) is 2. The summed E-state index contributed by atoms with van der Waals surface area (Å²) in [4.78, 5) is 0. The van der Waals surface area contributed by atoms with Gasteiger partial charge >= 0.3 is 0 Å². The van der Waals surface area contributed by atoms with Gasteiger partial charge < -0.3 is 14.8 Å². The lowest BCUT2D eigenvalue weighted by molar-refractivity contribution is 0.171. The number of fused-ring (bicyclic) bond motifs is 1. The Labute approximate surface area is 112 Å². The summed E-state index contributed by atoms with van der Waals surface area (Å²) in [5.74, 6) is 1.63. The quantitative estimate of drug-likeness (QED) is 0.907. The van der Waals surface area contributed by atoms with Crippen molar-refractivity contribution in [1.29, 1.82) is 0 Å². The van der Waals surface area contributed by atoms with Gasteiger partial charge in [-0.1, -0.05) is 6.07 Å². The van der Waals surface area contributed by atoms with E-state index in [1.54, 1.807) is 6.20 Å². The van der Waals surface area contributed by atoms with Crippen LogP contribution in [-0.4, -0.2) is 30.0 Å². The Balaban J connectivity index is 1.98. The number of hydrogen-bond donors (Lipinski definition) is 1. The van der Waals surface area contributed by atoms with Gasteiger partial charge in [-0.25, -0.2) is 0 Å². The maximum Gasteiger partial charge on any atom is 0.161 e. The lowest BCUT2D eigenvalue weighted by Gasteiger charge is -2.22. The second kappa shape index (κ2) is 4.93. The first-order valence-corrected chi connectivity index (χ1v) is 6.34. The second-order valence-electron chi connectivity index (χ2n) is 4.50. The summed E-state index contributed by atoms with van der Waals surface area (Å²) in [5, 5.41) is 7.53. The largest absolute Gasteiger partial charge is 0.486 e. The van der Waals surface area contributed by atoms with Crippen molar-refractivity contribution in [3.05, 3.63) is 41.7 Å². The van der Waals surface area contributed by atoms with Gasteiger partial charge in [-0.2, -0.15) is 5.10 Å². The topological polar surface area (TPSA) is 48.3 Å². The lowest BCUT2D eigenvalue weighted by Crippen LogP contribution is -2.21. The summed E-state index contributed by atoms with van der Waals surface area (Å²) in [5.41, 5.74) is 2.24. The van der Waals surface area contributed by atoms with Gasteiger partial charge in [-0.15, -0.1) is 0 Å². The van der Waals surface area contributed by atoms with E-state index in [-0.39, 0.29) is 6.04 Å². The molecular weight excluding hydrogens is 242 g/mol. The van der Waals surface area contributed by atoms with Crippen molar-refractivity contribution in [1.82, 2.24) is 15.1 Å². The van der Waals surface area contributed by atoms with Gasteiger partial charge in [0.1, 0.15) is 13.2 Å². The number of benzene rings is 1. The average Bonchev–Trinajstić information content (AvgIpc) is 2.86. The number of aromatic nitrogens is 2. The van der Waals surface area contributed by atoms with Gasteiger partial charge in [0.2, 0.25) is 0 Å². The van der Waals surface area contributed by atoms with Gasteiger partial charge in [0.05, 0.1) is 11.7 Å². The molecule has 100 valence electrons. The zero-order valence-corrected chi connectivity index (χ0v) is 11.1. The predicted molar refractivity (Wildman–Crippen MR) is 71.5 cm³/mol. The Hall–Kier alpha value is -2.01. The van der Waals surface area contributed by atoms with Crippen molar-refractivity contribution >= 4 is 0 Å². The van der Waals surface area contributed by atoms with E-state index in [9.17, 15) is 0 Å². The van der Waals surface area contributed by atoms with Crippen LogP contribution in [0.15, 0.2) is 30.5 Å². The Morgan fingerprint density at radius 3 is 2.68 bits per heavy atom. The van der Waals surface area contributed by atoms with E-state index >= 15 is 0 Å². The molecule has 5 heteroatoms. The molecule has 0 aliphatic carbocycles. The third kappa shape index (κ3) is 2.17. The van der Waals surface area contributed by atoms with Crippen LogP contribution in [0.2, 0.25) is 0 Å². The molecule has 0 radical (unpaired) electrons. The molecule has 3 rings (SSSR count). The van der Waals surface area contributed by atoms with Gasteiger partial charge in [-0.05, 0) is 30.8 Å². The monoisotopic (exact) mass is 259 g/mol. The van der Waals surface area contributed by atoms with Crippen molar-refractivity contribution in [2.45, 2.75) is 6.04 Å². The first-order chi connectivity index (χ1) is 9.29. The summed E-state index contributed by atoms with van der Waals surface area (Å²) < 4.78 is 13.0. The molecule has 2 aromatic rings. The van der Waals surface area contributed by atoms with E-state index in [1.807, 2.05) is 37.0 Å². The van der Waals surface area contributed by atoms with Crippen LogP contribution in [0.25, 0.3) is 0 Å². The Kier molecular flexibility index (Phi) is 3.13. The standard InChI is InChI=1S/C14H17N3O2/c1-15-14(11-5-6-16-17(11)2)10-3-4-12-13(9-10)19-8-7-18-12/h3-6,9,14-15H,7-8H2,1-2H3. The SMILES string of the molecule is CNC(c1ccc2c(c1)OCCO2)c1ccnn1C. The third-order valence-corrected chi connectivity index (χ3v) is 3.34. The minimum atomic E-state index is 0.0864. The molecule has 0 amide bonds. The number of aryl methyl sites for hydroxylation is 1. The second-order valence-corrected chi connectivity index (χ2v) is 4.50. The van der Waals surface area contributed by atoms with Crippen molar-refractivity contribution in [2.75, 3.05) is 20.3 Å². The Morgan fingerprint density at radius 1 is 1.21 bits per heavy atom. The highest BCUT2D eigenvalue weighted by atomic mass is 16.6. The predicted octanol–water partition coefficient (Wildman–Crippen LogP) is 1.50. The molecule has 0 saturated carbocycles. The van der Waals surface area contributed by atoms with E-state index in [2.05, 4.69) is 16.5 Å². The van der Waals surface area contributed by atoms with Gasteiger partial charge in [-0.3, -0.25) is 4.68 Å². The van der Waals surface area contributed by atoms with Gasteiger partial charge in [0.25, 0.3) is 0 Å². The van der Waals surface area contributed by atoms with E-state index in [0.717, 1.165) is 22.8 Å². The minimum absolute atomic E-state index is 0.0864. The van der Waals surface area contributed by atoms with E-state index in [4.69, 9.17) is 9.47 Å². The summed E-state index contributed by atoms with van der Waals surface area (Å²) in [6.45, 7) is 1.22. The lowest BCUT2D eigenvalue weighted by atomic mass is 10.0. The molecule has 1 N–H and O–H groups in total. The van der Waals surface area contributed by atoms with E-state index < -0.39 is 0 Å². The van der Waals surface area contributed by atoms with Crippen LogP contribution in [0.3, 0.4) is 0 Å². The molecule has 2 heterocycles. The molecule has 0 saturated heterocycles. The van der Waals surface area contributed by atoms with Gasteiger partial charge in [0, 0.05) is 13.2 Å². The van der Waals surface area contributed by atoms with Gasteiger partial charge in [0.15, 0.2) is 11.5 Å². The zero-order chi connectivity index (χ0) is 13.2. The Morgan fingerprint density at radius 2 is 2.00 bits per heavy atom. The fourth-order valence-electron chi connectivity index (χ4n) is 2.39. The van der Waals surface area contributed by atoms with Crippen LogP contribution in [0.4, 0.5) is 0 Å². The van der Waals surface area contributed by atoms with Crippen LogP contribution >= 0.6 is 0 Å². The molecule has 1 aliphatic rings. The molecule has 0 bridgehead atoms. The van der Waals surface area contributed by atoms with Crippen LogP contribution in [0, 0.1) is 0 Å². The summed E-state index contributed by atoms with van der Waals surface area (Å²) in [6, 6.07) is 8.15. The highest BCUT2D eigenvalue weighted by Crippen LogP contribution is 2.34. The van der Waals surface area contributed by atoms with Crippen LogP contribution in [0.1, 0.15) is 17.3 Å². The fraction of sp³-hybridized carbons (Fsp3) is 0.357. The number of rotatable bonds is 3. The molecule has 19 heavy (non-hydrogen) atoms. The molecule has 1 aromatic carbocycles. The molecular formula is C14H17N3O2. The molecule has 1 atom stereocenters. The summed E-state index contributed by atoms with van der Waals surface area (Å²) in [6.07, 6.45) is 1.80. The third-order valence-electron chi connectivity index (χ3n) is 3.34. The molecule has 0 spiro atoms. The van der Waals surface area contributed by atoms with Crippen molar-refractivity contribution in [3.8, 4) is 11.5 Å². The zero-order valence-electron chi connectivity index (χ0n) is 11.1. The maximum atomic E-state index is 5.63. The Bertz CT molecular complexity index is 580. The first kappa shape index (κ1) is 12.0. The number of hydrogen-bond acceptors (Lipinski definition) is 4. The normalized spacial score (nSPS) is 15.3. The molecule has 1 unspecified atom stereocenters. The maximum absolute atomic E-state index is 5.63. The van der Waals surface area contributed by atoms with E-state index in [0.29, 0.717) is 13.2 Å². The number of ether oxygens (including phenoxy) is 2. The first-order valence-electron chi connectivity index (χ1n) is 6.34. The molecule has 5 nitrogen and oxygen atoms in total. The molecule has 1 aromatic heterocycles. The summed E-state index contributed by atoms with van der Waals surface area (Å²) >= 11 is 0. The fourth-order valence-corrected chi connectivity index (χ4v) is 2.39. The minimum Gasteiger partial charge on any atom is -0.486 e. The van der Waals surface area contributed by atoms with Crippen LogP contribution in [0.5, 0.6) is 11.5 Å². The summed E-state index contributed by atoms with van der Waals surface area (Å²) in [7, 11) is 3.88. The van der Waals surface area contributed by atoms with Crippen LogP contribution in [-0.2, 0) is 7.05 Å². The average molecular weight is 259 g/mol. The highest BCUT2D eigenvalue weighted by Gasteiger charge is 2.19. The van der Waals surface area contributed by atoms with Crippen LogP contribution < -0.4 is 14.8 Å². The van der Waals surface area contributed by atoms with Crippen molar-refractivity contribution < 1.29 is 9.47 Å². The number of nitrogens with one attached hydrogen (secondary N) is 1. The van der Waals surface area contributed by atoms with E-state index in [1.165, 1.54) is 0 Å². The molecule has 0 fully saturated rings. The van der Waals surface area contributed by atoms with Crippen molar-refractivity contribution in [3.63, 3.8) is 0 Å². The highest BCUT2D eigenvalue weighted by molar-refractivity contribution is 5.46. The smallest absolute Gasteiger partial charge is 0.161 e. The molecule has 1 aliphatic heterocycles.